The van der Waals surface area contributed by atoms with Crippen LogP contribution in [0.1, 0.15) is 46.5 Å². The fraction of sp³-hybridized carbons (Fsp3) is 1.00. The lowest BCUT2D eigenvalue weighted by molar-refractivity contribution is 0.226. The largest absolute Gasteiger partial charge is 0.144 e. The van der Waals surface area contributed by atoms with Gasteiger partial charge in [-0.2, -0.15) is 0 Å². The van der Waals surface area contributed by atoms with Crippen LogP contribution in [0.4, 0.5) is 0 Å². The number of hydrogen-bond donors (Lipinski definition) is 0. The van der Waals surface area contributed by atoms with Gasteiger partial charge >= 0.3 is 0 Å². The first-order valence-corrected chi connectivity index (χ1v) is 8.39. The minimum Gasteiger partial charge on any atom is -0.144 e. The predicted molar refractivity (Wildman–Crippen MR) is 73.6 cm³/mol. The molecule has 2 atom stereocenters. The van der Waals surface area contributed by atoms with Crippen molar-refractivity contribution in [2.45, 2.75) is 50.5 Å². The summed E-state index contributed by atoms with van der Waals surface area (Å²) in [6.07, 6.45) is 5.83. The van der Waals surface area contributed by atoms with E-state index in [9.17, 15) is 0 Å². The van der Waals surface area contributed by atoms with Gasteiger partial charge in [-0.15, -0.1) is 23.5 Å². The zero-order chi connectivity index (χ0) is 10.9. The summed E-state index contributed by atoms with van der Waals surface area (Å²) in [5.41, 5.74) is 0. The van der Waals surface area contributed by atoms with E-state index in [0.717, 1.165) is 17.8 Å². The van der Waals surface area contributed by atoms with Crippen LogP contribution in [-0.4, -0.2) is 15.6 Å². The van der Waals surface area contributed by atoms with Crippen LogP contribution in [0.15, 0.2) is 0 Å². The second kappa shape index (κ2) is 4.91. The summed E-state index contributed by atoms with van der Waals surface area (Å²) in [6, 6.07) is 0. The molecule has 0 nitrogen and oxygen atoms in total. The maximum Gasteiger partial charge on any atom is 0.0644 e. The Morgan fingerprint density at radius 3 is 2.40 bits per heavy atom. The average Bonchev–Trinajstić information content (AvgIpc) is 2.18. The minimum atomic E-state index is 0.601. The molecule has 0 amide bonds. The highest BCUT2D eigenvalue weighted by Gasteiger charge is 2.45. The summed E-state index contributed by atoms with van der Waals surface area (Å²) in [5, 5.41) is 0. The van der Waals surface area contributed by atoms with E-state index in [1.807, 2.05) is 0 Å². The smallest absolute Gasteiger partial charge is 0.0644 e. The Hall–Kier alpha value is 0.700. The van der Waals surface area contributed by atoms with Crippen molar-refractivity contribution in [2.75, 3.05) is 11.5 Å². The summed E-state index contributed by atoms with van der Waals surface area (Å²) >= 11 is 4.58. The van der Waals surface area contributed by atoms with E-state index >= 15 is 0 Å². The molecule has 0 unspecified atom stereocenters. The molecule has 2 heteroatoms. The molecule has 15 heavy (non-hydrogen) atoms. The van der Waals surface area contributed by atoms with Crippen molar-refractivity contribution in [2.24, 2.45) is 17.8 Å². The Kier molecular flexibility index (Phi) is 3.98. The van der Waals surface area contributed by atoms with Crippen molar-refractivity contribution in [1.82, 2.24) is 0 Å². The third kappa shape index (κ3) is 2.52. The van der Waals surface area contributed by atoms with Crippen LogP contribution in [0.3, 0.4) is 0 Å². The Morgan fingerprint density at radius 1 is 1.13 bits per heavy atom. The molecular weight excluding hydrogens is 220 g/mol. The standard InChI is InChI=1S/C13H24S2/c1-10(2)12-6-5-11(3)9-13(12)14-7-4-8-15-13/h10-12H,4-9H2,1-3H3/t11-,12+/m1/s1. The molecule has 0 aromatic carbocycles. The van der Waals surface area contributed by atoms with Gasteiger partial charge in [0.15, 0.2) is 0 Å². The van der Waals surface area contributed by atoms with E-state index in [1.54, 1.807) is 0 Å². The highest BCUT2D eigenvalue weighted by atomic mass is 32.2. The first kappa shape index (κ1) is 12.2. The van der Waals surface area contributed by atoms with Crippen molar-refractivity contribution < 1.29 is 0 Å². The molecule has 2 fully saturated rings. The maximum atomic E-state index is 2.45. The normalized spacial score (nSPS) is 36.0. The molecule has 2 aliphatic rings. The van der Waals surface area contributed by atoms with Crippen LogP contribution in [-0.2, 0) is 0 Å². The minimum absolute atomic E-state index is 0.601. The summed E-state index contributed by atoms with van der Waals surface area (Å²) in [7, 11) is 0. The second-order valence-corrected chi connectivity index (χ2v) is 8.71. The molecule has 0 radical (unpaired) electrons. The van der Waals surface area contributed by atoms with Gasteiger partial charge < -0.3 is 0 Å². The zero-order valence-electron chi connectivity index (χ0n) is 10.3. The Morgan fingerprint density at radius 2 is 1.80 bits per heavy atom. The van der Waals surface area contributed by atoms with E-state index in [0.29, 0.717) is 4.08 Å². The monoisotopic (exact) mass is 244 g/mol. The van der Waals surface area contributed by atoms with Gasteiger partial charge in [0.1, 0.15) is 0 Å². The van der Waals surface area contributed by atoms with Crippen molar-refractivity contribution in [3.8, 4) is 0 Å². The van der Waals surface area contributed by atoms with Crippen LogP contribution < -0.4 is 0 Å². The van der Waals surface area contributed by atoms with E-state index in [4.69, 9.17) is 0 Å². The van der Waals surface area contributed by atoms with Crippen molar-refractivity contribution in [3.05, 3.63) is 0 Å². The second-order valence-electron chi connectivity index (χ2n) is 5.60. The Balaban J connectivity index is 2.14. The lowest BCUT2D eigenvalue weighted by atomic mass is 9.76. The molecule has 1 aliphatic carbocycles. The SMILES string of the molecule is CC(C)[C@@H]1CC[C@@H](C)CC12SCCCS2. The average molecular weight is 244 g/mol. The predicted octanol–water partition coefficient (Wildman–Crippen LogP) is 4.65. The van der Waals surface area contributed by atoms with E-state index < -0.39 is 0 Å². The number of thioether (sulfide) groups is 2. The molecule has 1 aliphatic heterocycles. The van der Waals surface area contributed by atoms with E-state index in [2.05, 4.69) is 44.3 Å². The van der Waals surface area contributed by atoms with Crippen LogP contribution in [0, 0.1) is 17.8 Å². The van der Waals surface area contributed by atoms with E-state index in [-0.39, 0.29) is 0 Å². The third-order valence-corrected chi connectivity index (χ3v) is 7.56. The van der Waals surface area contributed by atoms with Gasteiger partial charge in [0.2, 0.25) is 0 Å². The Bertz CT molecular complexity index is 207. The molecule has 1 spiro atoms. The molecule has 1 saturated heterocycles. The molecule has 0 aromatic rings. The van der Waals surface area contributed by atoms with Crippen molar-refractivity contribution in [3.63, 3.8) is 0 Å². The molecule has 0 aromatic heterocycles. The van der Waals surface area contributed by atoms with Crippen molar-refractivity contribution in [1.29, 1.82) is 0 Å². The highest BCUT2D eigenvalue weighted by molar-refractivity contribution is 8.18. The lowest BCUT2D eigenvalue weighted by Crippen LogP contribution is -2.42. The number of hydrogen-bond acceptors (Lipinski definition) is 2. The van der Waals surface area contributed by atoms with Crippen LogP contribution >= 0.6 is 23.5 Å². The van der Waals surface area contributed by atoms with Gasteiger partial charge in [0, 0.05) is 0 Å². The first-order chi connectivity index (χ1) is 7.14. The third-order valence-electron chi connectivity index (χ3n) is 3.95. The molecular formula is C13H24S2. The van der Waals surface area contributed by atoms with Gasteiger partial charge in [-0.25, -0.2) is 0 Å². The Labute approximate surface area is 103 Å². The summed E-state index contributed by atoms with van der Waals surface area (Å²) in [4.78, 5) is 0. The first-order valence-electron chi connectivity index (χ1n) is 6.42. The molecule has 1 saturated carbocycles. The fourth-order valence-electron chi connectivity index (χ4n) is 3.19. The van der Waals surface area contributed by atoms with Gasteiger partial charge in [-0.3, -0.25) is 0 Å². The molecule has 2 rings (SSSR count). The van der Waals surface area contributed by atoms with Crippen LogP contribution in [0.25, 0.3) is 0 Å². The molecule has 88 valence electrons. The maximum absolute atomic E-state index is 2.45. The topological polar surface area (TPSA) is 0 Å². The van der Waals surface area contributed by atoms with Crippen LogP contribution in [0.2, 0.25) is 0 Å². The van der Waals surface area contributed by atoms with Gasteiger partial charge in [0.05, 0.1) is 4.08 Å². The van der Waals surface area contributed by atoms with Gasteiger partial charge in [-0.1, -0.05) is 27.2 Å². The quantitative estimate of drug-likeness (QED) is 0.659. The molecule has 1 heterocycles. The highest BCUT2D eigenvalue weighted by Crippen LogP contribution is 2.57. The summed E-state index contributed by atoms with van der Waals surface area (Å²) in [5.74, 6) is 5.60. The van der Waals surface area contributed by atoms with Crippen molar-refractivity contribution >= 4 is 23.5 Å². The molecule has 0 N–H and O–H groups in total. The lowest BCUT2D eigenvalue weighted by Gasteiger charge is -2.49. The van der Waals surface area contributed by atoms with Gasteiger partial charge in [-0.05, 0) is 48.5 Å². The summed E-state index contributed by atoms with van der Waals surface area (Å²) in [6.45, 7) is 7.31. The van der Waals surface area contributed by atoms with Gasteiger partial charge in [0.25, 0.3) is 0 Å². The number of rotatable bonds is 1. The molecule has 0 bridgehead atoms. The summed E-state index contributed by atoms with van der Waals surface area (Å²) < 4.78 is 0.601. The van der Waals surface area contributed by atoms with Crippen LogP contribution in [0.5, 0.6) is 0 Å². The zero-order valence-corrected chi connectivity index (χ0v) is 11.9. The fourth-order valence-corrected chi connectivity index (χ4v) is 7.48. The van der Waals surface area contributed by atoms with E-state index in [1.165, 1.54) is 37.2 Å².